The molecule has 1 aliphatic heterocycles. The van der Waals surface area contributed by atoms with E-state index in [0.717, 1.165) is 16.7 Å². The maximum atomic E-state index is 11.8. The summed E-state index contributed by atoms with van der Waals surface area (Å²) in [5, 5.41) is 9.57. The molecule has 2 amide bonds. The number of carbonyl (C=O) groups is 2. The third-order valence-electron chi connectivity index (χ3n) is 4.20. The van der Waals surface area contributed by atoms with Crippen molar-refractivity contribution in [3.63, 3.8) is 0 Å². The minimum atomic E-state index is -0.472. The van der Waals surface area contributed by atoms with Gasteiger partial charge in [-0.15, -0.1) is 0 Å². The lowest BCUT2D eigenvalue weighted by Gasteiger charge is -2.24. The Morgan fingerprint density at radius 2 is 1.40 bits per heavy atom. The molecule has 1 heterocycles. The van der Waals surface area contributed by atoms with Crippen LogP contribution in [0.15, 0.2) is 54.6 Å². The molecule has 0 spiro atoms. The van der Waals surface area contributed by atoms with Crippen LogP contribution in [0.5, 0.6) is 0 Å². The monoisotopic (exact) mass is 339 g/mol. The van der Waals surface area contributed by atoms with Gasteiger partial charge in [0.05, 0.1) is 12.6 Å². The zero-order valence-corrected chi connectivity index (χ0v) is 14.8. The van der Waals surface area contributed by atoms with Crippen LogP contribution in [-0.4, -0.2) is 34.5 Å². The third kappa shape index (κ3) is 4.54. The number of imide groups is 1. The molecule has 0 bridgehead atoms. The lowest BCUT2D eigenvalue weighted by Crippen LogP contribution is -2.43. The molecule has 1 N–H and O–H groups in total. The minimum absolute atomic E-state index is 0.185. The molecule has 1 unspecified atom stereocenters. The van der Waals surface area contributed by atoms with E-state index in [1.54, 1.807) is 0 Å². The molecular weight excluding hydrogens is 314 g/mol. The van der Waals surface area contributed by atoms with Crippen LogP contribution in [0.4, 0.5) is 0 Å². The maximum Gasteiger partial charge on any atom is 0.230 e. The molecule has 1 aliphatic rings. The normalized spacial score (nSPS) is 14.9. The molecule has 2 aromatic rings. The van der Waals surface area contributed by atoms with Crippen LogP contribution in [0.25, 0.3) is 11.1 Å². The first-order valence-electron chi connectivity index (χ1n) is 8.79. The van der Waals surface area contributed by atoms with Crippen LogP contribution < -0.4 is 0 Å². The molecular formula is C21H25NO3. The van der Waals surface area contributed by atoms with Gasteiger partial charge in [-0.1, -0.05) is 68.4 Å². The number of rotatable bonds is 5. The number of hydrogen-bond acceptors (Lipinski definition) is 3. The number of hydrogen-bond donors (Lipinski definition) is 1. The Morgan fingerprint density at radius 3 is 1.92 bits per heavy atom. The molecule has 25 heavy (non-hydrogen) atoms. The Kier molecular flexibility index (Phi) is 6.90. The first-order valence-corrected chi connectivity index (χ1v) is 8.79. The molecule has 0 aliphatic carbocycles. The number of aliphatic hydroxyl groups is 1. The van der Waals surface area contributed by atoms with Crippen LogP contribution in [0, 0.1) is 0 Å². The summed E-state index contributed by atoms with van der Waals surface area (Å²) in [5.74, 6) is -0.370. The van der Waals surface area contributed by atoms with Crippen molar-refractivity contribution in [2.24, 2.45) is 0 Å². The Labute approximate surface area is 149 Å². The molecule has 0 saturated carbocycles. The van der Waals surface area contributed by atoms with Gasteiger partial charge in [0, 0.05) is 12.8 Å². The summed E-state index contributed by atoms with van der Waals surface area (Å²) in [7, 11) is 0. The second-order valence-electron chi connectivity index (χ2n) is 5.76. The van der Waals surface area contributed by atoms with E-state index in [4.69, 9.17) is 0 Å². The number of likely N-dealkylation sites (tertiary alicyclic amines) is 1. The molecule has 1 atom stereocenters. The summed E-state index contributed by atoms with van der Waals surface area (Å²) < 4.78 is 0. The van der Waals surface area contributed by atoms with Gasteiger partial charge in [0.15, 0.2) is 0 Å². The van der Waals surface area contributed by atoms with E-state index >= 15 is 0 Å². The molecule has 1 fully saturated rings. The summed E-state index contributed by atoms with van der Waals surface area (Å²) >= 11 is 0. The van der Waals surface area contributed by atoms with E-state index in [2.05, 4.69) is 0 Å². The van der Waals surface area contributed by atoms with Gasteiger partial charge in [-0.3, -0.25) is 14.5 Å². The topological polar surface area (TPSA) is 57.6 Å². The van der Waals surface area contributed by atoms with Crippen molar-refractivity contribution in [1.82, 2.24) is 4.90 Å². The molecule has 132 valence electrons. The molecule has 4 nitrogen and oxygen atoms in total. The predicted octanol–water partition coefficient (Wildman–Crippen LogP) is 3.43. The van der Waals surface area contributed by atoms with Crippen molar-refractivity contribution in [3.05, 3.63) is 60.2 Å². The van der Waals surface area contributed by atoms with Crippen LogP contribution >= 0.6 is 0 Å². The summed E-state index contributed by atoms with van der Waals surface area (Å²) in [5.41, 5.74) is 3.25. The Hall–Kier alpha value is -2.46. The minimum Gasteiger partial charge on any atom is -0.394 e. The standard InChI is InChI=1S/C19H19NO3.C2H6/c21-13-17(20-18(22)10-11-19(20)23)12-14-6-8-16(9-7-14)15-4-2-1-3-5-15;1-2/h1-9,17,21H,10-13H2;1-2H3. The zero-order chi connectivity index (χ0) is 18.2. The van der Waals surface area contributed by atoms with Gasteiger partial charge in [0.1, 0.15) is 0 Å². The summed E-state index contributed by atoms with van der Waals surface area (Å²) in [4.78, 5) is 24.8. The number of benzene rings is 2. The van der Waals surface area contributed by atoms with Crippen molar-refractivity contribution in [3.8, 4) is 11.1 Å². The Balaban J connectivity index is 0.00000109. The summed E-state index contributed by atoms with van der Waals surface area (Å²) in [6.07, 6.45) is 0.980. The highest BCUT2D eigenvalue weighted by atomic mass is 16.3. The van der Waals surface area contributed by atoms with E-state index in [1.807, 2.05) is 68.4 Å². The van der Waals surface area contributed by atoms with Gasteiger partial charge in [0.25, 0.3) is 0 Å². The van der Waals surface area contributed by atoms with Crippen LogP contribution in [0.1, 0.15) is 32.3 Å². The molecule has 2 aromatic carbocycles. The van der Waals surface area contributed by atoms with Crippen molar-refractivity contribution in [2.75, 3.05) is 6.61 Å². The fourth-order valence-corrected chi connectivity index (χ4v) is 2.97. The van der Waals surface area contributed by atoms with E-state index in [9.17, 15) is 14.7 Å². The number of nitrogens with zero attached hydrogens (tertiary/aromatic N) is 1. The van der Waals surface area contributed by atoms with E-state index < -0.39 is 6.04 Å². The lowest BCUT2D eigenvalue weighted by molar-refractivity contribution is -0.142. The largest absolute Gasteiger partial charge is 0.394 e. The second kappa shape index (κ2) is 9.14. The third-order valence-corrected chi connectivity index (χ3v) is 4.20. The van der Waals surface area contributed by atoms with Crippen molar-refractivity contribution in [2.45, 2.75) is 39.2 Å². The van der Waals surface area contributed by atoms with E-state index in [0.29, 0.717) is 6.42 Å². The lowest BCUT2D eigenvalue weighted by atomic mass is 10.0. The van der Waals surface area contributed by atoms with Gasteiger partial charge in [0.2, 0.25) is 11.8 Å². The molecule has 3 rings (SSSR count). The summed E-state index contributed by atoms with van der Waals surface area (Å²) in [6.45, 7) is 3.79. The first kappa shape index (κ1) is 18.9. The van der Waals surface area contributed by atoms with E-state index in [-0.39, 0.29) is 31.3 Å². The molecule has 0 aromatic heterocycles. The molecule has 0 radical (unpaired) electrons. The SMILES string of the molecule is CC.O=C1CCC(=O)N1C(CO)Cc1ccc(-c2ccccc2)cc1. The van der Waals surface area contributed by atoms with Crippen molar-refractivity contribution < 1.29 is 14.7 Å². The van der Waals surface area contributed by atoms with Gasteiger partial charge in [-0.25, -0.2) is 0 Å². The van der Waals surface area contributed by atoms with Crippen LogP contribution in [-0.2, 0) is 16.0 Å². The van der Waals surface area contributed by atoms with E-state index in [1.165, 1.54) is 4.90 Å². The maximum absolute atomic E-state index is 11.8. The quantitative estimate of drug-likeness (QED) is 0.849. The second-order valence-corrected chi connectivity index (χ2v) is 5.76. The van der Waals surface area contributed by atoms with Crippen molar-refractivity contribution in [1.29, 1.82) is 0 Å². The Bertz CT molecular complexity index is 679. The highest BCUT2D eigenvalue weighted by Gasteiger charge is 2.34. The smallest absolute Gasteiger partial charge is 0.230 e. The number of aliphatic hydroxyl groups excluding tert-OH is 1. The van der Waals surface area contributed by atoms with Gasteiger partial charge < -0.3 is 5.11 Å². The highest BCUT2D eigenvalue weighted by Crippen LogP contribution is 2.22. The Morgan fingerprint density at radius 1 is 0.880 bits per heavy atom. The fraction of sp³-hybridized carbons (Fsp3) is 0.333. The predicted molar refractivity (Wildman–Crippen MR) is 98.9 cm³/mol. The fourth-order valence-electron chi connectivity index (χ4n) is 2.97. The number of amides is 2. The van der Waals surface area contributed by atoms with Crippen molar-refractivity contribution >= 4 is 11.8 Å². The van der Waals surface area contributed by atoms with Crippen LogP contribution in [0.2, 0.25) is 0 Å². The molecule has 1 saturated heterocycles. The zero-order valence-electron chi connectivity index (χ0n) is 14.8. The molecule has 4 heteroatoms. The first-order chi connectivity index (χ1) is 12.2. The average molecular weight is 339 g/mol. The highest BCUT2D eigenvalue weighted by molar-refractivity contribution is 6.02. The number of carbonyl (C=O) groups excluding carboxylic acids is 2. The summed E-state index contributed by atoms with van der Waals surface area (Å²) in [6, 6.07) is 17.6. The average Bonchev–Trinajstić information content (AvgIpc) is 3.01. The van der Waals surface area contributed by atoms with Gasteiger partial charge in [-0.2, -0.15) is 0 Å². The van der Waals surface area contributed by atoms with Gasteiger partial charge in [-0.05, 0) is 23.1 Å². The van der Waals surface area contributed by atoms with Crippen LogP contribution in [0.3, 0.4) is 0 Å². The van der Waals surface area contributed by atoms with Gasteiger partial charge >= 0.3 is 0 Å².